The van der Waals surface area contributed by atoms with Crippen molar-refractivity contribution in [1.82, 2.24) is 14.5 Å². The molecule has 19 heavy (non-hydrogen) atoms. The summed E-state index contributed by atoms with van der Waals surface area (Å²) < 4.78 is 2.30. The number of benzene rings is 1. The maximum atomic E-state index is 5.89. The molecule has 0 amide bonds. The fourth-order valence-electron chi connectivity index (χ4n) is 2.17. The van der Waals surface area contributed by atoms with E-state index in [1.54, 1.807) is 0 Å². The summed E-state index contributed by atoms with van der Waals surface area (Å²) in [4.78, 5) is 7.03. The van der Waals surface area contributed by atoms with Crippen LogP contribution < -0.4 is 0 Å². The minimum absolute atomic E-state index is 0.561. The van der Waals surface area contributed by atoms with Crippen molar-refractivity contribution in [3.05, 3.63) is 30.1 Å². The van der Waals surface area contributed by atoms with Gasteiger partial charge in [0.05, 0.1) is 11.0 Å². The molecule has 0 N–H and O–H groups in total. The van der Waals surface area contributed by atoms with Gasteiger partial charge >= 0.3 is 0 Å². The topological polar surface area (TPSA) is 21.1 Å². The average molecular weight is 280 g/mol. The molecular weight excluding hydrogens is 258 g/mol. The van der Waals surface area contributed by atoms with Crippen molar-refractivity contribution in [2.75, 3.05) is 19.5 Å². The highest BCUT2D eigenvalue weighted by molar-refractivity contribution is 6.17. The summed E-state index contributed by atoms with van der Waals surface area (Å²) in [6.07, 6.45) is 0.821. The molecule has 0 saturated heterocycles. The molecule has 0 spiro atoms. The average Bonchev–Trinajstić information content (AvgIpc) is 2.74. The van der Waals surface area contributed by atoms with Crippen LogP contribution in [0.15, 0.2) is 24.3 Å². The van der Waals surface area contributed by atoms with Crippen LogP contribution in [0, 0.1) is 0 Å². The number of imidazole rings is 1. The molecule has 0 atom stereocenters. The number of likely N-dealkylation sites (N-methyl/N-ethyl adjacent to an activating group) is 1. The van der Waals surface area contributed by atoms with Crippen molar-refractivity contribution in [3.8, 4) is 0 Å². The van der Waals surface area contributed by atoms with E-state index in [9.17, 15) is 0 Å². The van der Waals surface area contributed by atoms with E-state index < -0.39 is 0 Å². The Balaban J connectivity index is 2.26. The van der Waals surface area contributed by atoms with E-state index in [0.717, 1.165) is 30.9 Å². The van der Waals surface area contributed by atoms with Gasteiger partial charge in [-0.3, -0.25) is 0 Å². The Bertz CT molecular complexity index is 533. The van der Waals surface area contributed by atoms with Crippen LogP contribution >= 0.6 is 11.6 Å². The summed E-state index contributed by atoms with van der Waals surface area (Å²) in [5.74, 6) is 1.71. The van der Waals surface area contributed by atoms with E-state index in [4.69, 9.17) is 11.6 Å². The number of aromatic nitrogens is 2. The Morgan fingerprint density at radius 1 is 1.32 bits per heavy atom. The summed E-state index contributed by atoms with van der Waals surface area (Å²) in [5.41, 5.74) is 2.27. The third kappa shape index (κ3) is 3.28. The number of alkyl halides is 1. The van der Waals surface area contributed by atoms with Crippen molar-refractivity contribution in [2.45, 2.75) is 32.9 Å². The van der Waals surface area contributed by atoms with Gasteiger partial charge in [0.25, 0.3) is 0 Å². The van der Waals surface area contributed by atoms with Crippen LogP contribution in [0.3, 0.4) is 0 Å². The number of fused-ring (bicyclic) bond motifs is 1. The van der Waals surface area contributed by atoms with Crippen LogP contribution in [0.1, 0.15) is 19.7 Å². The van der Waals surface area contributed by atoms with Gasteiger partial charge < -0.3 is 9.47 Å². The molecule has 0 aliphatic rings. The lowest BCUT2D eigenvalue weighted by atomic mass is 10.3. The van der Waals surface area contributed by atoms with E-state index in [-0.39, 0.29) is 0 Å². The summed E-state index contributed by atoms with van der Waals surface area (Å²) in [6, 6.07) is 8.86. The molecule has 0 saturated carbocycles. The molecule has 0 aliphatic carbocycles. The number of nitrogens with zero attached hydrogens (tertiary/aromatic N) is 3. The van der Waals surface area contributed by atoms with E-state index in [1.807, 2.05) is 6.07 Å². The Morgan fingerprint density at radius 3 is 2.74 bits per heavy atom. The van der Waals surface area contributed by atoms with Crippen molar-refractivity contribution in [2.24, 2.45) is 0 Å². The summed E-state index contributed by atoms with van der Waals surface area (Å²) in [7, 11) is 2.16. The number of para-hydroxylation sites is 2. The Morgan fingerprint density at radius 2 is 2.05 bits per heavy atom. The fraction of sp³-hybridized carbons (Fsp3) is 0.533. The third-order valence-electron chi connectivity index (χ3n) is 3.61. The molecule has 2 aromatic rings. The molecular formula is C15H22ClN3. The lowest BCUT2D eigenvalue weighted by Gasteiger charge is -2.21. The Kier molecular flexibility index (Phi) is 4.83. The third-order valence-corrected chi connectivity index (χ3v) is 3.80. The van der Waals surface area contributed by atoms with E-state index in [1.165, 1.54) is 5.52 Å². The number of aryl methyl sites for hydroxylation is 1. The van der Waals surface area contributed by atoms with Gasteiger partial charge in [-0.2, -0.15) is 0 Å². The zero-order valence-electron chi connectivity index (χ0n) is 11.9. The standard InChI is InChI=1S/C15H22ClN3/c1-12(2)18(3)10-11-19-14-7-5-4-6-13(14)17-15(19)8-9-16/h4-7,12H,8-11H2,1-3H3. The molecule has 4 heteroatoms. The molecule has 1 aromatic heterocycles. The minimum Gasteiger partial charge on any atom is -0.327 e. The first-order valence-electron chi connectivity index (χ1n) is 6.84. The molecule has 1 heterocycles. The monoisotopic (exact) mass is 279 g/mol. The number of hydrogen-bond acceptors (Lipinski definition) is 2. The van der Waals surface area contributed by atoms with Crippen LogP contribution in [0.4, 0.5) is 0 Å². The van der Waals surface area contributed by atoms with Crippen molar-refractivity contribution < 1.29 is 0 Å². The van der Waals surface area contributed by atoms with Crippen LogP contribution in [0.2, 0.25) is 0 Å². The fourth-order valence-corrected chi connectivity index (χ4v) is 2.34. The lowest BCUT2D eigenvalue weighted by molar-refractivity contribution is 0.263. The molecule has 0 radical (unpaired) electrons. The number of halogens is 1. The lowest BCUT2D eigenvalue weighted by Crippen LogP contribution is -2.30. The van der Waals surface area contributed by atoms with Crippen LogP contribution in [0.5, 0.6) is 0 Å². The normalized spacial score (nSPS) is 11.9. The van der Waals surface area contributed by atoms with Gasteiger partial charge in [-0.1, -0.05) is 12.1 Å². The highest BCUT2D eigenvalue weighted by atomic mass is 35.5. The minimum atomic E-state index is 0.561. The largest absolute Gasteiger partial charge is 0.327 e. The predicted octanol–water partition coefficient (Wildman–Crippen LogP) is 3.16. The number of rotatable bonds is 6. The van der Waals surface area contributed by atoms with Gasteiger partial charge in [0, 0.05) is 31.4 Å². The second kappa shape index (κ2) is 6.40. The van der Waals surface area contributed by atoms with Crippen LogP contribution in [-0.4, -0.2) is 40.0 Å². The SMILES string of the molecule is CC(C)N(C)CCn1c(CCCl)nc2ccccc21. The first kappa shape index (κ1) is 14.4. The van der Waals surface area contributed by atoms with Crippen LogP contribution in [0.25, 0.3) is 11.0 Å². The zero-order chi connectivity index (χ0) is 13.8. The smallest absolute Gasteiger partial charge is 0.111 e. The van der Waals surface area contributed by atoms with E-state index in [2.05, 4.69) is 53.5 Å². The quantitative estimate of drug-likeness (QED) is 0.758. The number of hydrogen-bond donors (Lipinski definition) is 0. The van der Waals surface area contributed by atoms with Gasteiger partial charge in [0.15, 0.2) is 0 Å². The predicted molar refractivity (Wildman–Crippen MR) is 81.9 cm³/mol. The molecule has 0 aliphatic heterocycles. The molecule has 104 valence electrons. The second-order valence-electron chi connectivity index (χ2n) is 5.18. The summed E-state index contributed by atoms with van der Waals surface area (Å²) in [6.45, 7) is 6.41. The summed E-state index contributed by atoms with van der Waals surface area (Å²) in [5, 5.41) is 0. The Labute approximate surface area is 120 Å². The molecule has 1 aromatic carbocycles. The molecule has 3 nitrogen and oxygen atoms in total. The highest BCUT2D eigenvalue weighted by Crippen LogP contribution is 2.17. The molecule has 0 fully saturated rings. The van der Waals surface area contributed by atoms with E-state index in [0.29, 0.717) is 11.9 Å². The van der Waals surface area contributed by atoms with E-state index >= 15 is 0 Å². The van der Waals surface area contributed by atoms with Gasteiger partial charge in [0.2, 0.25) is 0 Å². The zero-order valence-corrected chi connectivity index (χ0v) is 12.7. The first-order valence-corrected chi connectivity index (χ1v) is 7.37. The molecule has 2 rings (SSSR count). The van der Waals surface area contributed by atoms with Crippen molar-refractivity contribution in [1.29, 1.82) is 0 Å². The van der Waals surface area contributed by atoms with Crippen molar-refractivity contribution in [3.63, 3.8) is 0 Å². The maximum Gasteiger partial charge on any atom is 0.111 e. The maximum absolute atomic E-state index is 5.89. The van der Waals surface area contributed by atoms with Gasteiger partial charge in [-0.25, -0.2) is 4.98 Å². The molecule has 0 unspecified atom stereocenters. The van der Waals surface area contributed by atoms with Gasteiger partial charge in [0.1, 0.15) is 5.82 Å². The summed E-state index contributed by atoms with van der Waals surface area (Å²) >= 11 is 5.89. The first-order chi connectivity index (χ1) is 9.13. The van der Waals surface area contributed by atoms with Crippen molar-refractivity contribution >= 4 is 22.6 Å². The highest BCUT2D eigenvalue weighted by Gasteiger charge is 2.11. The van der Waals surface area contributed by atoms with Crippen LogP contribution in [-0.2, 0) is 13.0 Å². The Hall–Kier alpha value is -1.06. The van der Waals surface area contributed by atoms with Gasteiger partial charge in [-0.05, 0) is 33.0 Å². The molecule has 0 bridgehead atoms. The van der Waals surface area contributed by atoms with Gasteiger partial charge in [-0.15, -0.1) is 11.6 Å². The second-order valence-corrected chi connectivity index (χ2v) is 5.56.